The van der Waals surface area contributed by atoms with E-state index in [0.717, 1.165) is 74.4 Å². The smallest absolute Gasteiger partial charge is 0.259 e. The first kappa shape index (κ1) is 23.5. The Kier molecular flexibility index (Phi) is 7.63. The number of aromatic nitrogens is 2. The average molecular weight is 499 g/mol. The number of amides is 1. The Labute approximate surface area is 207 Å². The summed E-state index contributed by atoms with van der Waals surface area (Å²) in [4.78, 5) is 37.2. The first-order valence-corrected chi connectivity index (χ1v) is 13.9. The zero-order valence-corrected chi connectivity index (χ0v) is 20.9. The molecule has 1 amide bonds. The fourth-order valence-corrected chi connectivity index (χ4v) is 6.55. The fraction of sp³-hybridized carbons (Fsp3) is 0.480. The van der Waals surface area contributed by atoms with Crippen molar-refractivity contribution in [3.63, 3.8) is 0 Å². The molecule has 0 atom stereocenters. The van der Waals surface area contributed by atoms with Crippen LogP contribution < -0.4 is 10.9 Å². The van der Waals surface area contributed by atoms with E-state index in [-0.39, 0.29) is 11.5 Å². The van der Waals surface area contributed by atoms with E-state index in [0.29, 0.717) is 17.3 Å². The first-order chi connectivity index (χ1) is 16.7. The van der Waals surface area contributed by atoms with Crippen LogP contribution in [-0.2, 0) is 34.5 Å². The van der Waals surface area contributed by atoms with Gasteiger partial charge in [0.2, 0.25) is 5.91 Å². The van der Waals surface area contributed by atoms with Gasteiger partial charge in [-0.05, 0) is 55.4 Å². The molecule has 3 aromatic rings. The van der Waals surface area contributed by atoms with Gasteiger partial charge in [-0.3, -0.25) is 14.5 Å². The Hall–Kier alpha value is -2.20. The number of nitrogens with zero attached hydrogens (tertiary/aromatic N) is 2. The highest BCUT2D eigenvalue weighted by Crippen LogP contribution is 2.33. The number of thiophene rings is 1. The van der Waals surface area contributed by atoms with E-state index in [9.17, 15) is 9.59 Å². The van der Waals surface area contributed by atoms with Crippen molar-refractivity contribution in [3.05, 3.63) is 56.4 Å². The molecule has 7 nitrogen and oxygen atoms in total. The Morgan fingerprint density at radius 2 is 1.97 bits per heavy atom. The Morgan fingerprint density at radius 3 is 2.79 bits per heavy atom. The third-order valence-corrected chi connectivity index (χ3v) is 8.53. The number of carbonyl (C=O) groups is 1. The number of H-pyrrole nitrogens is 1. The van der Waals surface area contributed by atoms with Crippen LogP contribution in [-0.4, -0.2) is 59.4 Å². The van der Waals surface area contributed by atoms with Gasteiger partial charge in [-0.25, -0.2) is 4.98 Å². The number of hydrogen-bond donors (Lipinski definition) is 2. The van der Waals surface area contributed by atoms with Gasteiger partial charge in [0.25, 0.3) is 5.56 Å². The summed E-state index contributed by atoms with van der Waals surface area (Å²) in [6, 6.07) is 8.08. The van der Waals surface area contributed by atoms with E-state index in [1.54, 1.807) is 11.3 Å². The number of benzene rings is 1. The molecule has 2 aliphatic rings. The lowest BCUT2D eigenvalue weighted by Crippen LogP contribution is -2.37. The summed E-state index contributed by atoms with van der Waals surface area (Å²) < 4.78 is 5.39. The summed E-state index contributed by atoms with van der Waals surface area (Å²) in [6.45, 7) is 4.66. The number of morpholine rings is 1. The second kappa shape index (κ2) is 11.0. The Bertz CT molecular complexity index is 1200. The number of thioether (sulfide) groups is 1. The average Bonchev–Trinajstić information content (AvgIpc) is 3.23. The molecule has 0 spiro atoms. The van der Waals surface area contributed by atoms with E-state index in [4.69, 9.17) is 4.74 Å². The van der Waals surface area contributed by atoms with Gasteiger partial charge in [-0.15, -0.1) is 23.1 Å². The van der Waals surface area contributed by atoms with E-state index >= 15 is 0 Å². The number of rotatable bonds is 8. The first-order valence-electron chi connectivity index (χ1n) is 12.0. The predicted octanol–water partition coefficient (Wildman–Crippen LogP) is 3.61. The third kappa shape index (κ3) is 5.71. The second-order valence-corrected chi connectivity index (χ2v) is 10.9. The van der Waals surface area contributed by atoms with Crippen molar-refractivity contribution in [1.82, 2.24) is 14.9 Å². The molecule has 1 aromatic carbocycles. The normalized spacial score (nSPS) is 16.5. The summed E-state index contributed by atoms with van der Waals surface area (Å²) in [5.41, 5.74) is 3.22. The van der Waals surface area contributed by atoms with Gasteiger partial charge in [-0.2, -0.15) is 0 Å². The molecule has 34 heavy (non-hydrogen) atoms. The lowest BCUT2D eigenvalue weighted by atomic mass is 9.97. The van der Waals surface area contributed by atoms with Crippen molar-refractivity contribution >= 4 is 44.9 Å². The topological polar surface area (TPSA) is 87.3 Å². The molecule has 0 unspecified atom stereocenters. The number of carbonyl (C=O) groups excluding carboxylic acids is 1. The maximum absolute atomic E-state index is 12.6. The minimum absolute atomic E-state index is 0.0434. The molecule has 1 aliphatic carbocycles. The number of ether oxygens (including phenoxy) is 1. The minimum Gasteiger partial charge on any atom is -0.379 e. The van der Waals surface area contributed by atoms with Crippen molar-refractivity contribution in [2.45, 2.75) is 37.9 Å². The quantitative estimate of drug-likeness (QED) is 0.493. The third-order valence-electron chi connectivity index (χ3n) is 6.40. The monoisotopic (exact) mass is 498 g/mol. The van der Waals surface area contributed by atoms with Crippen molar-refractivity contribution in [3.8, 4) is 0 Å². The van der Waals surface area contributed by atoms with E-state index in [2.05, 4.69) is 32.3 Å². The van der Waals surface area contributed by atoms with Crippen molar-refractivity contribution in [2.24, 2.45) is 0 Å². The summed E-state index contributed by atoms with van der Waals surface area (Å²) in [7, 11) is 0. The molecule has 2 N–H and O–H groups in total. The molecule has 180 valence electrons. The molecule has 0 saturated carbocycles. The van der Waals surface area contributed by atoms with Crippen molar-refractivity contribution < 1.29 is 9.53 Å². The maximum atomic E-state index is 12.6. The fourth-order valence-electron chi connectivity index (χ4n) is 4.58. The van der Waals surface area contributed by atoms with Crippen LogP contribution in [0.15, 0.2) is 29.1 Å². The molecule has 1 saturated heterocycles. The summed E-state index contributed by atoms with van der Waals surface area (Å²) in [5.74, 6) is 1.39. The van der Waals surface area contributed by atoms with Crippen LogP contribution >= 0.6 is 23.1 Å². The summed E-state index contributed by atoms with van der Waals surface area (Å²) in [5, 5.41) is 3.74. The van der Waals surface area contributed by atoms with E-state index in [1.807, 2.05) is 12.1 Å². The highest BCUT2D eigenvalue weighted by Gasteiger charge is 2.19. The highest BCUT2D eigenvalue weighted by molar-refractivity contribution is 7.99. The van der Waals surface area contributed by atoms with Gasteiger partial charge in [0.05, 0.1) is 30.1 Å². The van der Waals surface area contributed by atoms with Crippen LogP contribution in [0, 0.1) is 0 Å². The molecule has 9 heteroatoms. The predicted molar refractivity (Wildman–Crippen MR) is 139 cm³/mol. The van der Waals surface area contributed by atoms with Crippen LogP contribution in [0.1, 0.15) is 34.7 Å². The maximum Gasteiger partial charge on any atom is 0.259 e. The number of hydrogen-bond acceptors (Lipinski definition) is 7. The second-order valence-electron chi connectivity index (χ2n) is 8.85. The largest absolute Gasteiger partial charge is 0.379 e. The number of anilines is 1. The molecule has 2 aromatic heterocycles. The number of aromatic amines is 1. The van der Waals surface area contributed by atoms with Crippen molar-refractivity contribution in [2.75, 3.05) is 43.9 Å². The van der Waals surface area contributed by atoms with Crippen LogP contribution in [0.2, 0.25) is 0 Å². The van der Waals surface area contributed by atoms with Crippen LogP contribution in [0.5, 0.6) is 0 Å². The number of aryl methyl sites for hydroxylation is 2. The zero-order valence-electron chi connectivity index (χ0n) is 19.2. The van der Waals surface area contributed by atoms with Gasteiger partial charge in [0.15, 0.2) is 0 Å². The van der Waals surface area contributed by atoms with Gasteiger partial charge in [0.1, 0.15) is 10.7 Å². The summed E-state index contributed by atoms with van der Waals surface area (Å²) >= 11 is 3.11. The lowest BCUT2D eigenvalue weighted by Gasteiger charge is -2.26. The standard InChI is InChI=1S/C25H30N4O3S2/c30-22(26-18-7-5-17(6-8-18)9-10-29-11-13-32-14-12-29)16-33-15-21-27-24(31)23-19-3-1-2-4-20(19)34-25(23)28-21/h5-8H,1-4,9-16H2,(H,26,30)(H,27,28,31). The molecule has 1 aliphatic heterocycles. The molecular weight excluding hydrogens is 468 g/mol. The SMILES string of the molecule is O=C(CSCc1nc2sc3c(c2c(=O)[nH]1)CCCC3)Nc1ccc(CCN2CCOCC2)cc1. The lowest BCUT2D eigenvalue weighted by molar-refractivity contribution is -0.113. The number of fused-ring (bicyclic) bond motifs is 3. The molecule has 5 rings (SSSR count). The molecule has 1 fully saturated rings. The molecule has 3 heterocycles. The van der Waals surface area contributed by atoms with Crippen LogP contribution in [0.4, 0.5) is 5.69 Å². The highest BCUT2D eigenvalue weighted by atomic mass is 32.2. The Balaban J connectivity index is 1.09. The van der Waals surface area contributed by atoms with E-state index in [1.165, 1.54) is 34.2 Å². The van der Waals surface area contributed by atoms with Crippen LogP contribution in [0.3, 0.4) is 0 Å². The molecular formula is C25H30N4O3S2. The minimum atomic E-state index is -0.0546. The van der Waals surface area contributed by atoms with Gasteiger partial charge >= 0.3 is 0 Å². The number of nitrogens with one attached hydrogen (secondary N) is 2. The molecule has 0 radical (unpaired) electrons. The van der Waals surface area contributed by atoms with Gasteiger partial charge in [0, 0.05) is 30.2 Å². The van der Waals surface area contributed by atoms with E-state index < -0.39 is 0 Å². The van der Waals surface area contributed by atoms with Crippen molar-refractivity contribution in [1.29, 1.82) is 0 Å². The van der Waals surface area contributed by atoms with Gasteiger partial charge < -0.3 is 15.0 Å². The Morgan fingerprint density at radius 1 is 1.18 bits per heavy atom. The summed E-state index contributed by atoms with van der Waals surface area (Å²) in [6.07, 6.45) is 5.35. The zero-order chi connectivity index (χ0) is 23.3. The molecule has 0 bridgehead atoms. The van der Waals surface area contributed by atoms with Crippen LogP contribution in [0.25, 0.3) is 10.2 Å². The van der Waals surface area contributed by atoms with Gasteiger partial charge in [-0.1, -0.05) is 12.1 Å².